The van der Waals surface area contributed by atoms with Crippen LogP contribution < -0.4 is 4.72 Å². The number of nitrogens with one attached hydrogen (secondary N) is 1. The van der Waals surface area contributed by atoms with Gasteiger partial charge in [0.25, 0.3) is 0 Å². The van der Waals surface area contributed by atoms with Crippen molar-refractivity contribution in [1.82, 2.24) is 4.72 Å². The van der Waals surface area contributed by atoms with E-state index in [1.165, 1.54) is 12.1 Å². The molecule has 1 atom stereocenters. The summed E-state index contributed by atoms with van der Waals surface area (Å²) in [6, 6.07) is 8.30. The summed E-state index contributed by atoms with van der Waals surface area (Å²) in [7, 11) is -3.53. The first kappa shape index (κ1) is 16.6. The Morgan fingerprint density at radius 2 is 2.00 bits per heavy atom. The van der Waals surface area contributed by atoms with Crippen molar-refractivity contribution in [2.45, 2.75) is 31.1 Å². The van der Waals surface area contributed by atoms with Gasteiger partial charge in [-0.05, 0) is 30.0 Å². The summed E-state index contributed by atoms with van der Waals surface area (Å²) in [4.78, 5) is 0.193. The topological polar surface area (TPSA) is 90.2 Å². The molecule has 0 bridgehead atoms. The highest BCUT2D eigenvalue weighted by atomic mass is 32.2. The van der Waals surface area contributed by atoms with Gasteiger partial charge in [-0.2, -0.15) is 5.26 Å². The van der Waals surface area contributed by atoms with Gasteiger partial charge in [0.15, 0.2) is 0 Å². The van der Waals surface area contributed by atoms with Gasteiger partial charge in [0, 0.05) is 13.2 Å². The minimum atomic E-state index is -3.53. The van der Waals surface area contributed by atoms with E-state index in [2.05, 4.69) is 4.72 Å². The molecule has 0 amide bonds. The van der Waals surface area contributed by atoms with Crippen LogP contribution >= 0.6 is 0 Å². The molecule has 0 saturated carbocycles. The molecule has 1 aromatic carbocycles. The minimum absolute atomic E-state index is 0.0586. The summed E-state index contributed by atoms with van der Waals surface area (Å²) in [5, 5.41) is 17.5. The zero-order valence-electron chi connectivity index (χ0n) is 11.5. The number of aliphatic hydroxyl groups excluding tert-OH is 1. The van der Waals surface area contributed by atoms with Gasteiger partial charge in [-0.25, -0.2) is 13.1 Å². The lowest BCUT2D eigenvalue weighted by Gasteiger charge is -2.14. The van der Waals surface area contributed by atoms with E-state index < -0.39 is 10.0 Å². The van der Waals surface area contributed by atoms with Crippen LogP contribution in [0.5, 0.6) is 0 Å². The van der Waals surface area contributed by atoms with Crippen LogP contribution in [-0.4, -0.2) is 26.7 Å². The highest BCUT2D eigenvalue weighted by molar-refractivity contribution is 7.89. The molecule has 0 aliphatic carbocycles. The molecule has 1 rings (SSSR count). The van der Waals surface area contributed by atoms with Crippen LogP contribution in [0.15, 0.2) is 29.2 Å². The molecule has 0 aliphatic rings. The van der Waals surface area contributed by atoms with Crippen molar-refractivity contribution in [2.75, 3.05) is 13.2 Å². The average molecular weight is 296 g/mol. The van der Waals surface area contributed by atoms with E-state index in [-0.39, 0.29) is 23.8 Å². The number of rotatable bonds is 8. The highest BCUT2D eigenvalue weighted by Crippen LogP contribution is 2.12. The van der Waals surface area contributed by atoms with Crippen LogP contribution in [-0.2, 0) is 16.4 Å². The monoisotopic (exact) mass is 296 g/mol. The summed E-state index contributed by atoms with van der Waals surface area (Å²) < 4.78 is 26.7. The van der Waals surface area contributed by atoms with Gasteiger partial charge in [0.1, 0.15) is 0 Å². The molecule has 6 heteroatoms. The third-order valence-corrected chi connectivity index (χ3v) is 4.63. The first-order valence-corrected chi connectivity index (χ1v) is 8.08. The number of benzene rings is 1. The molecule has 1 unspecified atom stereocenters. The number of sulfonamides is 1. The van der Waals surface area contributed by atoms with E-state index in [1.807, 2.05) is 13.0 Å². The molecular weight excluding hydrogens is 276 g/mol. The Balaban J connectivity index is 2.71. The van der Waals surface area contributed by atoms with E-state index >= 15 is 0 Å². The molecule has 0 radical (unpaired) electrons. The van der Waals surface area contributed by atoms with E-state index in [4.69, 9.17) is 10.4 Å². The number of nitriles is 1. The van der Waals surface area contributed by atoms with Crippen molar-refractivity contribution in [3.8, 4) is 6.07 Å². The second-order valence-electron chi connectivity index (χ2n) is 4.62. The summed E-state index contributed by atoms with van der Waals surface area (Å²) in [5.41, 5.74) is 0.790. The Morgan fingerprint density at radius 3 is 2.50 bits per heavy atom. The van der Waals surface area contributed by atoms with Crippen molar-refractivity contribution >= 4 is 10.0 Å². The van der Waals surface area contributed by atoms with Crippen molar-refractivity contribution in [3.05, 3.63) is 29.8 Å². The van der Waals surface area contributed by atoms with E-state index in [9.17, 15) is 8.42 Å². The van der Waals surface area contributed by atoms with Crippen molar-refractivity contribution in [2.24, 2.45) is 5.92 Å². The maximum atomic E-state index is 12.1. The van der Waals surface area contributed by atoms with Crippen molar-refractivity contribution in [1.29, 1.82) is 5.26 Å². The van der Waals surface area contributed by atoms with Crippen LogP contribution in [0.25, 0.3) is 0 Å². The van der Waals surface area contributed by atoms with Gasteiger partial charge in [-0.15, -0.1) is 0 Å². The highest BCUT2D eigenvalue weighted by Gasteiger charge is 2.16. The van der Waals surface area contributed by atoms with Gasteiger partial charge in [-0.1, -0.05) is 25.5 Å². The number of nitrogens with zero attached hydrogens (tertiary/aromatic N) is 1. The molecule has 0 saturated heterocycles. The molecule has 1 aromatic rings. The molecule has 0 fully saturated rings. The fourth-order valence-electron chi connectivity index (χ4n) is 1.82. The Bertz CT molecular complexity index is 547. The molecular formula is C14H20N2O3S. The van der Waals surface area contributed by atoms with Gasteiger partial charge >= 0.3 is 0 Å². The van der Waals surface area contributed by atoms with Gasteiger partial charge in [0.2, 0.25) is 10.0 Å². The largest absolute Gasteiger partial charge is 0.396 e. The fraction of sp³-hybridized carbons (Fsp3) is 0.500. The quantitative estimate of drug-likeness (QED) is 0.759. The maximum absolute atomic E-state index is 12.1. The normalized spacial score (nSPS) is 12.8. The summed E-state index contributed by atoms with van der Waals surface area (Å²) in [5.74, 6) is 0.132. The second kappa shape index (κ2) is 8.00. The number of hydrogen-bond acceptors (Lipinski definition) is 4. The SMILES string of the molecule is CCC(CCO)CNS(=O)(=O)c1ccc(CC#N)cc1. The molecule has 0 aliphatic heterocycles. The van der Waals surface area contributed by atoms with Crippen LogP contribution in [0.3, 0.4) is 0 Å². The zero-order valence-corrected chi connectivity index (χ0v) is 12.4. The fourth-order valence-corrected chi connectivity index (χ4v) is 2.94. The molecule has 0 heterocycles. The third kappa shape index (κ3) is 4.93. The van der Waals surface area contributed by atoms with Gasteiger partial charge in [-0.3, -0.25) is 0 Å². The Kier molecular flexibility index (Phi) is 6.65. The molecule has 2 N–H and O–H groups in total. The van der Waals surface area contributed by atoms with Crippen LogP contribution in [0.1, 0.15) is 25.3 Å². The van der Waals surface area contributed by atoms with Crippen molar-refractivity contribution in [3.63, 3.8) is 0 Å². The Morgan fingerprint density at radius 1 is 1.35 bits per heavy atom. The maximum Gasteiger partial charge on any atom is 0.240 e. The summed E-state index contributed by atoms with van der Waals surface area (Å²) in [6.07, 6.45) is 1.66. The predicted molar refractivity (Wildman–Crippen MR) is 76.4 cm³/mol. The number of hydrogen-bond donors (Lipinski definition) is 2. The lowest BCUT2D eigenvalue weighted by Crippen LogP contribution is -2.29. The van der Waals surface area contributed by atoms with Gasteiger partial charge in [0.05, 0.1) is 17.4 Å². The standard InChI is InChI=1S/C14H20N2O3S/c1-2-12(8-10-17)11-16-20(18,19)14-5-3-13(4-6-14)7-9-15/h3-6,12,16-17H,2,7-8,10-11H2,1H3. The molecule has 5 nitrogen and oxygen atoms in total. The van der Waals surface area contributed by atoms with Gasteiger partial charge < -0.3 is 5.11 Å². The lowest BCUT2D eigenvalue weighted by atomic mass is 10.0. The van der Waals surface area contributed by atoms with Crippen molar-refractivity contribution < 1.29 is 13.5 Å². The third-order valence-electron chi connectivity index (χ3n) is 3.19. The number of aliphatic hydroxyl groups is 1. The lowest BCUT2D eigenvalue weighted by molar-refractivity contribution is 0.254. The molecule has 0 aromatic heterocycles. The predicted octanol–water partition coefficient (Wildman–Crippen LogP) is 1.44. The first-order valence-electron chi connectivity index (χ1n) is 6.60. The minimum Gasteiger partial charge on any atom is -0.396 e. The van der Waals surface area contributed by atoms with Crippen LogP contribution in [0.4, 0.5) is 0 Å². The zero-order chi connectivity index (χ0) is 15.0. The Labute approximate surface area is 120 Å². The van der Waals surface area contributed by atoms with E-state index in [0.29, 0.717) is 13.0 Å². The molecule has 0 spiro atoms. The summed E-state index contributed by atoms with van der Waals surface area (Å²) in [6.45, 7) is 2.34. The smallest absolute Gasteiger partial charge is 0.240 e. The van der Waals surface area contributed by atoms with Crippen LogP contribution in [0.2, 0.25) is 0 Å². The van der Waals surface area contributed by atoms with E-state index in [1.54, 1.807) is 12.1 Å². The molecule has 20 heavy (non-hydrogen) atoms. The Hall–Kier alpha value is -1.42. The summed E-state index contributed by atoms with van der Waals surface area (Å²) >= 11 is 0. The molecule has 110 valence electrons. The van der Waals surface area contributed by atoms with E-state index in [0.717, 1.165) is 12.0 Å². The van der Waals surface area contributed by atoms with Crippen LogP contribution in [0, 0.1) is 17.2 Å². The average Bonchev–Trinajstić information content (AvgIpc) is 2.44. The second-order valence-corrected chi connectivity index (χ2v) is 6.38. The first-order chi connectivity index (χ1) is 9.53.